The molecular weight excluding hydrogens is 480 g/mol. The Morgan fingerprint density at radius 1 is 0.921 bits per heavy atom. The van der Waals surface area contributed by atoms with Gasteiger partial charge in [-0.1, -0.05) is 78.9 Å². The Balaban J connectivity index is 1.64. The summed E-state index contributed by atoms with van der Waals surface area (Å²) in [5, 5.41) is 14.7. The second-order valence-electron chi connectivity index (χ2n) is 9.13. The standard InChI is InChI=1S/C30H29N4O4/c31-26(36)18-24(34-30(38)23-16-15-20-11-7-8-14-22(20)33-23)29(37)27(28(32)21-12-5-2-6-13-21)25(35)17-19-9-3-1-4-10-19/h2-16,24-25,27-28,35H,17-18,32H2,(H2,31,36)(H,34,38)/t24-,25?,27?,28?/m0/s1. The summed E-state index contributed by atoms with van der Waals surface area (Å²) < 4.78 is 0. The lowest BCUT2D eigenvalue weighted by Gasteiger charge is -2.31. The van der Waals surface area contributed by atoms with Crippen LogP contribution in [0.25, 0.3) is 10.9 Å². The van der Waals surface area contributed by atoms with E-state index in [4.69, 9.17) is 11.5 Å². The Kier molecular flexibility index (Phi) is 8.58. The number of rotatable bonds is 11. The molecule has 1 aromatic heterocycles. The minimum atomic E-state index is -1.31. The number of nitrogens with one attached hydrogen (secondary N) is 1. The molecule has 6 N–H and O–H groups in total. The number of carbonyl (C=O) groups is 3. The van der Waals surface area contributed by atoms with Gasteiger partial charge in [0.15, 0.2) is 5.78 Å². The molecule has 8 nitrogen and oxygen atoms in total. The summed E-state index contributed by atoms with van der Waals surface area (Å²) in [6.45, 7) is 0. The SMILES string of the molecule is NC(=O)C[C@H](NC(=O)c1ccc2ccccc2n1)C(=O)C(C(O)Cc1cc[c]cc1)C(N)c1ccccc1. The van der Waals surface area contributed by atoms with Crippen LogP contribution in [0.2, 0.25) is 0 Å². The zero-order valence-corrected chi connectivity index (χ0v) is 20.7. The number of amides is 2. The molecule has 0 aliphatic heterocycles. The van der Waals surface area contributed by atoms with Crippen LogP contribution in [0.1, 0.15) is 34.1 Å². The summed E-state index contributed by atoms with van der Waals surface area (Å²) in [5.74, 6) is -3.16. The van der Waals surface area contributed by atoms with Crippen molar-refractivity contribution in [1.82, 2.24) is 10.3 Å². The number of Topliss-reactive ketones (excluding diaryl/α,β-unsaturated/α-hetero) is 1. The molecule has 3 aromatic carbocycles. The average Bonchev–Trinajstić information content (AvgIpc) is 2.93. The van der Waals surface area contributed by atoms with E-state index in [-0.39, 0.29) is 12.1 Å². The highest BCUT2D eigenvalue weighted by Gasteiger charge is 2.38. The zero-order valence-electron chi connectivity index (χ0n) is 20.7. The molecule has 0 saturated carbocycles. The number of benzene rings is 3. The van der Waals surface area contributed by atoms with Gasteiger partial charge < -0.3 is 21.9 Å². The monoisotopic (exact) mass is 509 g/mol. The van der Waals surface area contributed by atoms with Crippen LogP contribution in [0.15, 0.2) is 91.0 Å². The van der Waals surface area contributed by atoms with Gasteiger partial charge >= 0.3 is 0 Å². The van der Waals surface area contributed by atoms with E-state index < -0.39 is 48.1 Å². The number of nitrogens with zero attached hydrogens (tertiary/aromatic N) is 1. The molecule has 0 spiro atoms. The van der Waals surface area contributed by atoms with Crippen LogP contribution >= 0.6 is 0 Å². The van der Waals surface area contributed by atoms with Crippen molar-refractivity contribution in [1.29, 1.82) is 0 Å². The number of ketones is 1. The fourth-order valence-corrected chi connectivity index (χ4v) is 4.50. The summed E-state index contributed by atoms with van der Waals surface area (Å²) >= 11 is 0. The molecular formula is C30H29N4O4. The summed E-state index contributed by atoms with van der Waals surface area (Å²) in [6, 6.07) is 27.2. The third-order valence-electron chi connectivity index (χ3n) is 6.43. The van der Waals surface area contributed by atoms with Crippen LogP contribution in [0.3, 0.4) is 0 Å². The summed E-state index contributed by atoms with van der Waals surface area (Å²) in [4.78, 5) is 43.4. The molecule has 0 aliphatic carbocycles. The molecule has 0 aliphatic rings. The van der Waals surface area contributed by atoms with Crippen molar-refractivity contribution >= 4 is 28.5 Å². The number of aliphatic hydroxyl groups excluding tert-OH is 1. The summed E-state index contributed by atoms with van der Waals surface area (Å²) in [6.07, 6.45) is -1.52. The first-order valence-corrected chi connectivity index (χ1v) is 12.3. The Labute approximate surface area is 220 Å². The quantitative estimate of drug-likeness (QED) is 0.244. The molecule has 3 unspecified atom stereocenters. The number of primary amides is 1. The number of aliphatic hydroxyl groups is 1. The Hall–Kier alpha value is -4.40. The second-order valence-corrected chi connectivity index (χ2v) is 9.13. The van der Waals surface area contributed by atoms with Crippen LogP contribution in [0, 0.1) is 12.0 Å². The number of aromatic nitrogens is 1. The number of hydrogen-bond acceptors (Lipinski definition) is 6. The third-order valence-corrected chi connectivity index (χ3v) is 6.43. The second kappa shape index (κ2) is 12.2. The summed E-state index contributed by atoms with van der Waals surface area (Å²) in [7, 11) is 0. The van der Waals surface area contributed by atoms with Crippen LogP contribution < -0.4 is 16.8 Å². The van der Waals surface area contributed by atoms with Crippen molar-refractivity contribution in [2.45, 2.75) is 31.0 Å². The lowest BCUT2D eigenvalue weighted by atomic mass is 9.80. The van der Waals surface area contributed by atoms with Gasteiger partial charge in [-0.05, 0) is 35.7 Å². The number of fused-ring (bicyclic) bond motifs is 1. The summed E-state index contributed by atoms with van der Waals surface area (Å²) in [5.41, 5.74) is 14.1. The third kappa shape index (κ3) is 6.47. The lowest BCUT2D eigenvalue weighted by Crippen LogP contribution is -2.51. The Morgan fingerprint density at radius 3 is 2.32 bits per heavy atom. The molecule has 4 rings (SSSR count). The van der Waals surface area contributed by atoms with Crippen LogP contribution in [0.4, 0.5) is 0 Å². The molecule has 4 atom stereocenters. The van der Waals surface area contributed by atoms with Gasteiger partial charge in [0.1, 0.15) is 5.69 Å². The minimum absolute atomic E-state index is 0.0796. The molecule has 38 heavy (non-hydrogen) atoms. The van der Waals surface area contributed by atoms with Gasteiger partial charge in [0.2, 0.25) is 5.91 Å². The van der Waals surface area contributed by atoms with Crippen molar-refractivity contribution in [3.63, 3.8) is 0 Å². The smallest absolute Gasteiger partial charge is 0.270 e. The van der Waals surface area contributed by atoms with E-state index in [9.17, 15) is 19.5 Å². The normalized spacial score (nSPS) is 14.3. The fourth-order valence-electron chi connectivity index (χ4n) is 4.50. The highest BCUT2D eigenvalue weighted by Crippen LogP contribution is 2.27. The van der Waals surface area contributed by atoms with Crippen molar-refractivity contribution < 1.29 is 19.5 Å². The van der Waals surface area contributed by atoms with E-state index >= 15 is 0 Å². The van der Waals surface area contributed by atoms with E-state index in [1.807, 2.05) is 18.2 Å². The van der Waals surface area contributed by atoms with Gasteiger partial charge in [-0.2, -0.15) is 0 Å². The van der Waals surface area contributed by atoms with Crippen LogP contribution in [0.5, 0.6) is 0 Å². The molecule has 0 saturated heterocycles. The molecule has 1 radical (unpaired) electrons. The van der Waals surface area contributed by atoms with E-state index in [1.165, 1.54) is 6.07 Å². The van der Waals surface area contributed by atoms with Crippen molar-refractivity contribution in [2.75, 3.05) is 0 Å². The largest absolute Gasteiger partial charge is 0.392 e. The lowest BCUT2D eigenvalue weighted by molar-refractivity contribution is -0.132. The van der Waals surface area contributed by atoms with E-state index in [0.717, 1.165) is 10.9 Å². The maximum Gasteiger partial charge on any atom is 0.270 e. The number of para-hydroxylation sites is 1. The van der Waals surface area contributed by atoms with Gasteiger partial charge in [0.05, 0.1) is 30.0 Å². The van der Waals surface area contributed by atoms with E-state index in [0.29, 0.717) is 11.1 Å². The molecule has 1 heterocycles. The molecule has 0 bridgehead atoms. The van der Waals surface area contributed by atoms with Crippen LogP contribution in [-0.4, -0.2) is 39.8 Å². The minimum Gasteiger partial charge on any atom is -0.392 e. The number of pyridine rings is 1. The highest BCUT2D eigenvalue weighted by atomic mass is 16.3. The predicted octanol–water partition coefficient (Wildman–Crippen LogP) is 2.50. The number of carbonyl (C=O) groups excluding carboxylic acids is 3. The Morgan fingerprint density at radius 2 is 1.61 bits per heavy atom. The van der Waals surface area contributed by atoms with Gasteiger partial charge in [-0.3, -0.25) is 14.4 Å². The molecule has 2 amide bonds. The first-order chi connectivity index (χ1) is 18.3. The molecule has 0 fully saturated rings. The van der Waals surface area contributed by atoms with Gasteiger partial charge in [-0.15, -0.1) is 0 Å². The number of hydrogen-bond donors (Lipinski definition) is 4. The molecule has 8 heteroatoms. The first-order valence-electron chi connectivity index (χ1n) is 12.3. The first kappa shape index (κ1) is 26.7. The van der Waals surface area contributed by atoms with Gasteiger partial charge in [0.25, 0.3) is 5.91 Å². The van der Waals surface area contributed by atoms with Crippen molar-refractivity contribution in [2.24, 2.45) is 17.4 Å². The Bertz CT molecular complexity index is 1410. The van der Waals surface area contributed by atoms with E-state index in [1.54, 1.807) is 66.7 Å². The van der Waals surface area contributed by atoms with Crippen LogP contribution in [-0.2, 0) is 16.0 Å². The fraction of sp³-hybridized carbons (Fsp3) is 0.200. The maximum atomic E-state index is 13.9. The zero-order chi connectivity index (χ0) is 27.1. The van der Waals surface area contributed by atoms with Gasteiger partial charge in [0, 0.05) is 11.4 Å². The van der Waals surface area contributed by atoms with Gasteiger partial charge in [-0.25, -0.2) is 4.98 Å². The predicted molar refractivity (Wildman–Crippen MR) is 144 cm³/mol. The van der Waals surface area contributed by atoms with Crippen molar-refractivity contribution in [3.05, 3.63) is 114 Å². The van der Waals surface area contributed by atoms with E-state index in [2.05, 4.69) is 16.4 Å². The molecule has 193 valence electrons. The topological polar surface area (TPSA) is 148 Å². The molecule has 4 aromatic rings. The van der Waals surface area contributed by atoms with Crippen molar-refractivity contribution in [3.8, 4) is 0 Å². The highest BCUT2D eigenvalue weighted by molar-refractivity contribution is 6.00. The number of nitrogens with two attached hydrogens (primary N) is 2. The maximum absolute atomic E-state index is 13.9. The average molecular weight is 510 g/mol.